The van der Waals surface area contributed by atoms with E-state index in [-0.39, 0.29) is 4.90 Å². The van der Waals surface area contributed by atoms with Gasteiger partial charge in [0.05, 0.1) is 7.11 Å². The van der Waals surface area contributed by atoms with Crippen molar-refractivity contribution in [3.63, 3.8) is 0 Å². The van der Waals surface area contributed by atoms with E-state index in [1.54, 1.807) is 32.9 Å². The first-order chi connectivity index (χ1) is 8.57. The lowest BCUT2D eigenvalue weighted by atomic mass is 10.0. The van der Waals surface area contributed by atoms with Crippen LogP contribution in [0, 0.1) is 0 Å². The van der Waals surface area contributed by atoms with E-state index in [0.29, 0.717) is 11.7 Å². The van der Waals surface area contributed by atoms with Crippen LogP contribution in [-0.2, 0) is 10.0 Å². The second kappa shape index (κ2) is 5.51. The summed E-state index contributed by atoms with van der Waals surface area (Å²) in [4.78, 5) is 0.175. The third-order valence-corrected chi connectivity index (χ3v) is 4.38. The zero-order valence-electron chi connectivity index (χ0n) is 12.4. The van der Waals surface area contributed by atoms with Crippen molar-refractivity contribution in [3.8, 4) is 5.75 Å². The number of hydrogen-bond donors (Lipinski definition) is 1. The first-order valence-electron chi connectivity index (χ1n) is 6.29. The van der Waals surface area contributed by atoms with E-state index in [2.05, 4.69) is 18.6 Å². The maximum absolute atomic E-state index is 12.3. The Balaban J connectivity index is 3.28. The summed E-state index contributed by atoms with van der Waals surface area (Å²) < 4.78 is 32.5. The molecule has 19 heavy (non-hydrogen) atoms. The van der Waals surface area contributed by atoms with Crippen LogP contribution in [0.25, 0.3) is 0 Å². The van der Waals surface area contributed by atoms with Gasteiger partial charge in [0.2, 0.25) is 10.0 Å². The van der Waals surface area contributed by atoms with E-state index in [1.165, 1.54) is 7.11 Å². The summed E-state index contributed by atoms with van der Waals surface area (Å²) in [6, 6.07) is 5.20. The second-order valence-corrected chi connectivity index (χ2v) is 7.57. The van der Waals surface area contributed by atoms with Crippen molar-refractivity contribution in [1.29, 1.82) is 0 Å². The predicted octanol–water partition coefficient (Wildman–Crippen LogP) is 2.90. The Labute approximate surface area is 116 Å². The molecule has 1 rings (SSSR count). The fraction of sp³-hybridized carbons (Fsp3) is 0.571. The van der Waals surface area contributed by atoms with Crippen LogP contribution in [0.15, 0.2) is 23.1 Å². The van der Waals surface area contributed by atoms with E-state index >= 15 is 0 Å². The molecule has 1 aromatic carbocycles. The Kier molecular flexibility index (Phi) is 4.63. The summed E-state index contributed by atoms with van der Waals surface area (Å²) in [7, 11) is -2.10. The van der Waals surface area contributed by atoms with E-state index in [9.17, 15) is 8.42 Å². The van der Waals surface area contributed by atoms with Gasteiger partial charge in [0.25, 0.3) is 0 Å². The van der Waals surface area contributed by atoms with Gasteiger partial charge in [-0.2, -0.15) is 0 Å². The summed E-state index contributed by atoms with van der Waals surface area (Å²) in [6.45, 7) is 9.52. The van der Waals surface area contributed by atoms with Crippen LogP contribution < -0.4 is 9.46 Å². The number of sulfonamides is 1. The molecule has 0 spiro atoms. The molecule has 0 bridgehead atoms. The van der Waals surface area contributed by atoms with Gasteiger partial charge in [0, 0.05) is 5.54 Å². The molecule has 0 radical (unpaired) electrons. The Morgan fingerprint density at radius 2 is 1.79 bits per heavy atom. The first kappa shape index (κ1) is 16.0. The van der Waals surface area contributed by atoms with Crippen molar-refractivity contribution >= 4 is 10.0 Å². The molecule has 0 saturated carbocycles. The zero-order chi connectivity index (χ0) is 14.8. The van der Waals surface area contributed by atoms with Gasteiger partial charge in [-0.05, 0) is 44.4 Å². The number of hydrogen-bond acceptors (Lipinski definition) is 3. The van der Waals surface area contributed by atoms with E-state index < -0.39 is 15.6 Å². The van der Waals surface area contributed by atoms with Gasteiger partial charge in [-0.1, -0.05) is 19.9 Å². The Hall–Kier alpha value is -1.07. The fourth-order valence-corrected chi connectivity index (χ4v) is 3.29. The standard InChI is InChI=1S/C14H23NO3S/c1-10(2)11-7-8-13(12(9-11)18-6)19(16,17)15-14(3,4)5/h7-10,15H,1-6H3. The first-order valence-corrected chi connectivity index (χ1v) is 7.77. The van der Waals surface area contributed by atoms with Crippen molar-refractivity contribution in [3.05, 3.63) is 23.8 Å². The van der Waals surface area contributed by atoms with Gasteiger partial charge in [-0.3, -0.25) is 0 Å². The number of methoxy groups -OCH3 is 1. The van der Waals surface area contributed by atoms with Crippen LogP contribution in [0.2, 0.25) is 0 Å². The molecular weight excluding hydrogens is 262 g/mol. The van der Waals surface area contributed by atoms with E-state index in [4.69, 9.17) is 4.74 Å². The number of ether oxygens (including phenoxy) is 1. The van der Waals surface area contributed by atoms with Crippen LogP contribution in [0.4, 0.5) is 0 Å². The average molecular weight is 285 g/mol. The highest BCUT2D eigenvalue weighted by molar-refractivity contribution is 7.89. The van der Waals surface area contributed by atoms with Crippen molar-refractivity contribution in [1.82, 2.24) is 4.72 Å². The van der Waals surface area contributed by atoms with E-state index in [1.807, 2.05) is 6.07 Å². The van der Waals surface area contributed by atoms with Crippen LogP contribution >= 0.6 is 0 Å². The molecule has 5 heteroatoms. The highest BCUT2D eigenvalue weighted by Crippen LogP contribution is 2.28. The normalized spacial score (nSPS) is 12.8. The maximum atomic E-state index is 12.3. The van der Waals surface area contributed by atoms with Crippen molar-refractivity contribution < 1.29 is 13.2 Å². The molecule has 4 nitrogen and oxygen atoms in total. The van der Waals surface area contributed by atoms with Crippen molar-refractivity contribution in [2.24, 2.45) is 0 Å². The molecule has 0 heterocycles. The molecule has 1 aromatic rings. The molecule has 0 aliphatic carbocycles. The Morgan fingerprint density at radius 1 is 1.21 bits per heavy atom. The summed E-state index contributed by atoms with van der Waals surface area (Å²) in [5.74, 6) is 0.698. The van der Waals surface area contributed by atoms with Gasteiger partial charge in [-0.15, -0.1) is 0 Å². The predicted molar refractivity (Wildman–Crippen MR) is 77.2 cm³/mol. The number of nitrogens with one attached hydrogen (secondary N) is 1. The quantitative estimate of drug-likeness (QED) is 0.925. The SMILES string of the molecule is COc1cc(C(C)C)ccc1S(=O)(=O)NC(C)(C)C. The lowest BCUT2D eigenvalue weighted by Crippen LogP contribution is -2.40. The molecule has 0 aliphatic rings. The van der Waals surface area contributed by atoms with Gasteiger partial charge in [0.1, 0.15) is 10.6 Å². The van der Waals surface area contributed by atoms with Gasteiger partial charge in [0.15, 0.2) is 0 Å². The minimum atomic E-state index is -3.58. The molecule has 0 aliphatic heterocycles. The lowest BCUT2D eigenvalue weighted by molar-refractivity contribution is 0.400. The molecule has 108 valence electrons. The average Bonchev–Trinajstić information content (AvgIpc) is 2.24. The number of rotatable bonds is 4. The molecule has 0 fully saturated rings. The summed E-state index contributed by atoms with van der Waals surface area (Å²) in [5, 5.41) is 0. The highest BCUT2D eigenvalue weighted by atomic mass is 32.2. The van der Waals surface area contributed by atoms with Crippen LogP contribution in [0.1, 0.15) is 46.1 Å². The molecule has 1 N–H and O–H groups in total. The third kappa shape index (κ3) is 4.21. The minimum absolute atomic E-state index is 0.175. The highest BCUT2D eigenvalue weighted by Gasteiger charge is 2.25. The molecule has 0 unspecified atom stereocenters. The molecule has 0 aromatic heterocycles. The van der Waals surface area contributed by atoms with E-state index in [0.717, 1.165) is 5.56 Å². The summed E-state index contributed by atoms with van der Waals surface area (Å²) in [6.07, 6.45) is 0. The minimum Gasteiger partial charge on any atom is -0.495 e. The monoisotopic (exact) mass is 285 g/mol. The zero-order valence-corrected chi connectivity index (χ0v) is 13.3. The molecule has 0 amide bonds. The lowest BCUT2D eigenvalue weighted by Gasteiger charge is -2.21. The topological polar surface area (TPSA) is 55.4 Å². The summed E-state index contributed by atoms with van der Waals surface area (Å²) in [5.41, 5.74) is 0.521. The van der Waals surface area contributed by atoms with Crippen LogP contribution in [0.5, 0.6) is 5.75 Å². The van der Waals surface area contributed by atoms with Crippen LogP contribution in [-0.4, -0.2) is 21.1 Å². The largest absolute Gasteiger partial charge is 0.495 e. The summed E-state index contributed by atoms with van der Waals surface area (Å²) >= 11 is 0. The van der Waals surface area contributed by atoms with Gasteiger partial charge in [-0.25, -0.2) is 13.1 Å². The van der Waals surface area contributed by atoms with Crippen molar-refractivity contribution in [2.75, 3.05) is 7.11 Å². The fourth-order valence-electron chi connectivity index (χ4n) is 1.72. The molecule has 0 atom stereocenters. The van der Waals surface area contributed by atoms with Gasteiger partial charge >= 0.3 is 0 Å². The molecular formula is C14H23NO3S. The Bertz CT molecular complexity index is 542. The third-order valence-electron chi connectivity index (χ3n) is 2.58. The molecule has 0 saturated heterocycles. The number of benzene rings is 1. The smallest absolute Gasteiger partial charge is 0.244 e. The Morgan fingerprint density at radius 3 is 2.21 bits per heavy atom. The van der Waals surface area contributed by atoms with Gasteiger partial charge < -0.3 is 4.74 Å². The van der Waals surface area contributed by atoms with Crippen molar-refractivity contribution in [2.45, 2.75) is 51.0 Å². The maximum Gasteiger partial charge on any atom is 0.244 e. The second-order valence-electron chi connectivity index (χ2n) is 5.92. The van der Waals surface area contributed by atoms with Crippen LogP contribution in [0.3, 0.4) is 0 Å².